The molecule has 7 nitrogen and oxygen atoms in total. The fourth-order valence-corrected chi connectivity index (χ4v) is 3.49. The standard InChI is InChI=1S/C19H18ClN5O2S/c1-11(26)15-8-3-4-9-16(15)22-18(27)12(2)28-19-24-23-17(25(19)21)13-6-5-7-14(20)10-13/h3-10,12H,21H2,1-2H3,(H,22,27)/t12-/m0/s1. The van der Waals surface area contributed by atoms with Gasteiger partial charge in [-0.15, -0.1) is 10.2 Å². The Morgan fingerprint density at radius 1 is 1.18 bits per heavy atom. The second kappa shape index (κ2) is 8.45. The molecule has 28 heavy (non-hydrogen) atoms. The summed E-state index contributed by atoms with van der Waals surface area (Å²) in [7, 11) is 0. The molecule has 0 bridgehead atoms. The van der Waals surface area contributed by atoms with Crippen molar-refractivity contribution in [1.29, 1.82) is 0 Å². The van der Waals surface area contributed by atoms with E-state index in [-0.39, 0.29) is 11.7 Å². The lowest BCUT2D eigenvalue weighted by molar-refractivity contribution is -0.115. The Morgan fingerprint density at radius 3 is 2.64 bits per heavy atom. The molecule has 0 unspecified atom stereocenters. The fourth-order valence-electron chi connectivity index (χ4n) is 2.53. The Morgan fingerprint density at radius 2 is 1.93 bits per heavy atom. The quantitative estimate of drug-likeness (QED) is 0.362. The molecule has 0 aliphatic carbocycles. The van der Waals surface area contributed by atoms with Gasteiger partial charge in [0.25, 0.3) is 0 Å². The molecule has 0 aliphatic heterocycles. The van der Waals surface area contributed by atoms with Crippen LogP contribution in [0.1, 0.15) is 24.2 Å². The van der Waals surface area contributed by atoms with E-state index in [1.54, 1.807) is 49.4 Å². The van der Waals surface area contributed by atoms with Gasteiger partial charge in [-0.25, -0.2) is 4.68 Å². The van der Waals surface area contributed by atoms with E-state index in [9.17, 15) is 9.59 Å². The summed E-state index contributed by atoms with van der Waals surface area (Å²) in [5.41, 5.74) is 1.65. The van der Waals surface area contributed by atoms with E-state index in [4.69, 9.17) is 17.4 Å². The first kappa shape index (κ1) is 19.9. The summed E-state index contributed by atoms with van der Waals surface area (Å²) in [6, 6.07) is 14.0. The van der Waals surface area contributed by atoms with Crippen LogP contribution >= 0.6 is 23.4 Å². The molecular weight excluding hydrogens is 398 g/mol. The van der Waals surface area contributed by atoms with Crippen LogP contribution in [0.5, 0.6) is 0 Å². The zero-order valence-electron chi connectivity index (χ0n) is 15.2. The first-order valence-corrected chi connectivity index (χ1v) is 9.66. The molecule has 144 valence electrons. The number of nitrogen functional groups attached to an aromatic ring is 1. The lowest BCUT2D eigenvalue weighted by Crippen LogP contribution is -2.24. The lowest BCUT2D eigenvalue weighted by Gasteiger charge is -2.13. The zero-order valence-corrected chi connectivity index (χ0v) is 16.8. The van der Waals surface area contributed by atoms with Gasteiger partial charge in [-0.1, -0.05) is 47.6 Å². The molecule has 3 aromatic rings. The van der Waals surface area contributed by atoms with Gasteiger partial charge in [0.2, 0.25) is 11.1 Å². The molecule has 1 amide bonds. The number of amides is 1. The number of carbonyl (C=O) groups excluding carboxylic acids is 2. The average molecular weight is 416 g/mol. The Balaban J connectivity index is 1.74. The summed E-state index contributed by atoms with van der Waals surface area (Å²) < 4.78 is 1.32. The molecule has 0 saturated heterocycles. The SMILES string of the molecule is CC(=O)c1ccccc1NC(=O)[C@H](C)Sc1nnc(-c2cccc(Cl)c2)n1N. The van der Waals surface area contributed by atoms with Gasteiger partial charge in [-0.2, -0.15) is 0 Å². The van der Waals surface area contributed by atoms with Crippen molar-refractivity contribution in [3.63, 3.8) is 0 Å². The molecule has 0 spiro atoms. The maximum atomic E-state index is 12.6. The van der Waals surface area contributed by atoms with Crippen LogP contribution in [0, 0.1) is 0 Å². The van der Waals surface area contributed by atoms with Crippen molar-refractivity contribution < 1.29 is 9.59 Å². The number of anilines is 1. The van der Waals surface area contributed by atoms with E-state index >= 15 is 0 Å². The van der Waals surface area contributed by atoms with E-state index in [1.165, 1.54) is 23.4 Å². The minimum atomic E-state index is -0.515. The molecule has 1 heterocycles. The van der Waals surface area contributed by atoms with Crippen molar-refractivity contribution in [3.8, 4) is 11.4 Å². The van der Waals surface area contributed by atoms with Crippen LogP contribution in [-0.2, 0) is 4.79 Å². The Bertz CT molecular complexity index is 1040. The number of halogens is 1. The summed E-state index contributed by atoms with van der Waals surface area (Å²) >= 11 is 7.18. The third-order valence-corrected chi connectivity index (χ3v) is 5.25. The van der Waals surface area contributed by atoms with Gasteiger partial charge in [0.1, 0.15) is 0 Å². The van der Waals surface area contributed by atoms with Gasteiger partial charge in [0, 0.05) is 16.1 Å². The number of para-hydroxylation sites is 1. The van der Waals surface area contributed by atoms with Crippen molar-refractivity contribution in [2.24, 2.45) is 0 Å². The summed E-state index contributed by atoms with van der Waals surface area (Å²) in [6.07, 6.45) is 0. The monoisotopic (exact) mass is 415 g/mol. The van der Waals surface area contributed by atoms with Gasteiger partial charge in [-0.05, 0) is 38.1 Å². The largest absolute Gasteiger partial charge is 0.335 e. The predicted octanol–water partition coefficient (Wildman–Crippen LogP) is 3.63. The molecule has 0 aliphatic rings. The molecule has 3 rings (SSSR count). The molecule has 3 N–H and O–H groups in total. The Labute approximate surface area is 171 Å². The summed E-state index contributed by atoms with van der Waals surface area (Å²) in [5.74, 6) is 6.15. The molecule has 1 aromatic heterocycles. The Hall–Kier alpha value is -2.84. The normalized spacial score (nSPS) is 11.8. The number of Topliss-reactive ketones (excluding diaryl/α,β-unsaturated/α-hetero) is 1. The third-order valence-electron chi connectivity index (χ3n) is 3.96. The highest BCUT2D eigenvalue weighted by Gasteiger charge is 2.21. The maximum Gasteiger partial charge on any atom is 0.237 e. The molecular formula is C19H18ClN5O2S. The van der Waals surface area contributed by atoms with E-state index in [1.807, 2.05) is 6.07 Å². The minimum absolute atomic E-state index is 0.121. The molecule has 0 saturated carbocycles. The van der Waals surface area contributed by atoms with E-state index in [2.05, 4.69) is 15.5 Å². The second-order valence-corrected chi connectivity index (χ2v) is 7.78. The van der Waals surface area contributed by atoms with Crippen LogP contribution in [0.3, 0.4) is 0 Å². The predicted molar refractivity (Wildman–Crippen MR) is 111 cm³/mol. The van der Waals surface area contributed by atoms with Gasteiger partial charge >= 0.3 is 0 Å². The Kier molecular flexibility index (Phi) is 6.01. The highest BCUT2D eigenvalue weighted by molar-refractivity contribution is 8.00. The third kappa shape index (κ3) is 4.35. The number of hydrogen-bond acceptors (Lipinski definition) is 6. The van der Waals surface area contributed by atoms with Crippen LogP contribution in [0.25, 0.3) is 11.4 Å². The molecule has 9 heteroatoms. The number of nitrogens with two attached hydrogens (primary N) is 1. The van der Waals surface area contributed by atoms with E-state index in [0.717, 1.165) is 5.56 Å². The van der Waals surface area contributed by atoms with Gasteiger partial charge in [0.15, 0.2) is 11.6 Å². The molecule has 0 radical (unpaired) electrons. The van der Waals surface area contributed by atoms with Crippen molar-refractivity contribution >= 4 is 40.7 Å². The van der Waals surface area contributed by atoms with Crippen molar-refractivity contribution in [2.75, 3.05) is 11.2 Å². The number of ketones is 1. The summed E-state index contributed by atoms with van der Waals surface area (Å²) in [4.78, 5) is 24.3. The van der Waals surface area contributed by atoms with Crippen molar-refractivity contribution in [2.45, 2.75) is 24.3 Å². The van der Waals surface area contributed by atoms with E-state index < -0.39 is 5.25 Å². The number of carbonyl (C=O) groups is 2. The van der Waals surface area contributed by atoms with Crippen LogP contribution in [0.15, 0.2) is 53.7 Å². The maximum absolute atomic E-state index is 12.6. The first-order valence-electron chi connectivity index (χ1n) is 8.40. The highest BCUT2D eigenvalue weighted by Crippen LogP contribution is 2.27. The number of thioether (sulfide) groups is 1. The van der Waals surface area contributed by atoms with Crippen LogP contribution in [0.2, 0.25) is 5.02 Å². The van der Waals surface area contributed by atoms with Gasteiger partial charge < -0.3 is 11.2 Å². The minimum Gasteiger partial charge on any atom is -0.335 e. The number of rotatable bonds is 6. The number of hydrogen-bond donors (Lipinski definition) is 2. The molecule has 1 atom stereocenters. The number of nitrogens with one attached hydrogen (secondary N) is 1. The first-order chi connectivity index (χ1) is 13.4. The number of benzene rings is 2. The second-order valence-electron chi connectivity index (χ2n) is 6.04. The van der Waals surface area contributed by atoms with Gasteiger partial charge in [-0.3, -0.25) is 9.59 Å². The lowest BCUT2D eigenvalue weighted by atomic mass is 10.1. The average Bonchev–Trinajstić information content (AvgIpc) is 3.02. The topological polar surface area (TPSA) is 103 Å². The molecule has 0 fully saturated rings. The van der Waals surface area contributed by atoms with Crippen LogP contribution in [0.4, 0.5) is 5.69 Å². The number of aromatic nitrogens is 3. The summed E-state index contributed by atoms with van der Waals surface area (Å²) in [6.45, 7) is 3.18. The number of nitrogens with zero attached hydrogens (tertiary/aromatic N) is 3. The van der Waals surface area contributed by atoms with Crippen LogP contribution < -0.4 is 11.2 Å². The van der Waals surface area contributed by atoms with Crippen molar-refractivity contribution in [1.82, 2.24) is 14.9 Å². The summed E-state index contributed by atoms with van der Waals surface area (Å²) in [5, 5.41) is 11.4. The fraction of sp³-hybridized carbons (Fsp3) is 0.158. The van der Waals surface area contributed by atoms with E-state index in [0.29, 0.717) is 27.3 Å². The van der Waals surface area contributed by atoms with Crippen molar-refractivity contribution in [3.05, 3.63) is 59.1 Å². The van der Waals surface area contributed by atoms with Gasteiger partial charge in [0.05, 0.1) is 10.9 Å². The highest BCUT2D eigenvalue weighted by atomic mass is 35.5. The molecule has 2 aromatic carbocycles. The van der Waals surface area contributed by atoms with Crippen LogP contribution in [-0.4, -0.2) is 31.8 Å². The smallest absolute Gasteiger partial charge is 0.237 e. The zero-order chi connectivity index (χ0) is 20.3.